The summed E-state index contributed by atoms with van der Waals surface area (Å²) in [4.78, 5) is 42.0. The van der Waals surface area contributed by atoms with E-state index in [1.54, 1.807) is 25.1 Å². The zero-order valence-corrected chi connectivity index (χ0v) is 18.1. The molecule has 1 atom stereocenters. The number of fused-ring (bicyclic) bond motifs is 1. The molecule has 2 N–H and O–H groups in total. The maximum Gasteiger partial charge on any atom is 0.337 e. The van der Waals surface area contributed by atoms with Gasteiger partial charge in [0.25, 0.3) is 5.91 Å². The van der Waals surface area contributed by atoms with Gasteiger partial charge in [-0.1, -0.05) is 24.3 Å². The first kappa shape index (κ1) is 21.4. The Morgan fingerprint density at radius 3 is 2.62 bits per heavy atom. The van der Waals surface area contributed by atoms with Gasteiger partial charge in [-0.05, 0) is 55.2 Å². The summed E-state index contributed by atoms with van der Waals surface area (Å²) in [7, 11) is 1.31. The average Bonchev–Trinajstić information content (AvgIpc) is 3.30. The number of carbonyl (C=O) groups is 3. The number of H-pyrrole nitrogens is 1. The van der Waals surface area contributed by atoms with E-state index in [4.69, 9.17) is 4.74 Å². The third-order valence-corrected chi connectivity index (χ3v) is 5.97. The number of aryl methyl sites for hydroxylation is 1. The number of aromatic nitrogens is 1. The first-order valence-electron chi connectivity index (χ1n) is 10.3. The Balaban J connectivity index is 1.70. The van der Waals surface area contributed by atoms with Gasteiger partial charge >= 0.3 is 5.97 Å². The Bertz CT molecular complexity index is 1270. The molecule has 0 spiro atoms. The quantitative estimate of drug-likeness (QED) is 0.578. The predicted octanol–water partition coefficient (Wildman–Crippen LogP) is 3.79. The predicted molar refractivity (Wildman–Crippen MR) is 119 cm³/mol. The molecule has 3 aromatic rings. The number of nitrogens with zero attached hydrogens (tertiary/aromatic N) is 1. The second-order valence-corrected chi connectivity index (χ2v) is 7.89. The van der Waals surface area contributed by atoms with Crippen LogP contribution in [0.15, 0.2) is 60.0 Å². The van der Waals surface area contributed by atoms with Gasteiger partial charge in [0.1, 0.15) is 0 Å². The Labute approximate surface area is 185 Å². The second kappa shape index (κ2) is 8.34. The number of hydrogen-bond acceptors (Lipinski definition) is 5. The van der Waals surface area contributed by atoms with E-state index >= 15 is 0 Å². The third kappa shape index (κ3) is 3.56. The van der Waals surface area contributed by atoms with Crippen molar-refractivity contribution in [2.75, 3.05) is 13.7 Å². The van der Waals surface area contributed by atoms with E-state index in [1.165, 1.54) is 18.9 Å². The van der Waals surface area contributed by atoms with Gasteiger partial charge in [-0.25, -0.2) is 4.79 Å². The van der Waals surface area contributed by atoms with Gasteiger partial charge < -0.3 is 19.7 Å². The van der Waals surface area contributed by atoms with E-state index in [0.29, 0.717) is 24.1 Å². The zero-order chi connectivity index (χ0) is 23.0. The van der Waals surface area contributed by atoms with Crippen molar-refractivity contribution in [1.29, 1.82) is 0 Å². The zero-order valence-electron chi connectivity index (χ0n) is 18.1. The number of esters is 1. The lowest BCUT2D eigenvalue weighted by molar-refractivity contribution is -0.129. The number of hydrogen-bond donors (Lipinski definition) is 2. The molecule has 164 valence electrons. The van der Waals surface area contributed by atoms with Crippen molar-refractivity contribution in [3.05, 3.63) is 82.2 Å². The van der Waals surface area contributed by atoms with Gasteiger partial charge in [-0.2, -0.15) is 0 Å². The number of benzene rings is 2. The number of ketones is 1. The van der Waals surface area contributed by atoms with Gasteiger partial charge in [-0.3, -0.25) is 9.59 Å². The molecule has 7 nitrogen and oxygen atoms in total. The molecule has 0 fully saturated rings. The SMILES string of the molecule is COC(=O)c1ccc(C2C(C(C)=O)=C(O)C(=O)N2CCc2c[nH]c3ccccc23)c(C)c1. The lowest BCUT2D eigenvalue weighted by Gasteiger charge is -2.28. The lowest BCUT2D eigenvalue weighted by Crippen LogP contribution is -2.33. The Kier molecular flexibility index (Phi) is 5.57. The van der Waals surface area contributed by atoms with E-state index in [0.717, 1.165) is 22.0 Å². The smallest absolute Gasteiger partial charge is 0.337 e. The monoisotopic (exact) mass is 432 g/mol. The summed E-state index contributed by atoms with van der Waals surface area (Å²) in [6.45, 7) is 3.45. The summed E-state index contributed by atoms with van der Waals surface area (Å²) < 4.78 is 4.78. The maximum absolute atomic E-state index is 12.9. The van der Waals surface area contributed by atoms with E-state index < -0.39 is 23.7 Å². The van der Waals surface area contributed by atoms with Crippen molar-refractivity contribution in [2.45, 2.75) is 26.3 Å². The van der Waals surface area contributed by atoms with Crippen LogP contribution in [0.5, 0.6) is 0 Å². The van der Waals surface area contributed by atoms with Crippen molar-refractivity contribution in [2.24, 2.45) is 0 Å². The summed E-state index contributed by atoms with van der Waals surface area (Å²) in [6.07, 6.45) is 2.46. The van der Waals surface area contributed by atoms with Crippen molar-refractivity contribution in [3.8, 4) is 0 Å². The van der Waals surface area contributed by atoms with Crippen LogP contribution in [0.2, 0.25) is 0 Å². The van der Waals surface area contributed by atoms with Crippen molar-refractivity contribution in [3.63, 3.8) is 0 Å². The fourth-order valence-corrected chi connectivity index (χ4v) is 4.37. The number of aliphatic hydroxyl groups excluding tert-OH is 1. The molecule has 0 aliphatic carbocycles. The van der Waals surface area contributed by atoms with E-state index in [-0.39, 0.29) is 11.4 Å². The summed E-state index contributed by atoms with van der Waals surface area (Å²) in [5.74, 6) is -1.93. The van der Waals surface area contributed by atoms with Crippen LogP contribution in [0.3, 0.4) is 0 Å². The molecule has 2 aromatic carbocycles. The molecular weight excluding hydrogens is 408 g/mol. The second-order valence-electron chi connectivity index (χ2n) is 7.89. The number of Topliss-reactive ketones (excluding diaryl/α,β-unsaturated/α-hetero) is 1. The normalized spacial score (nSPS) is 16.2. The standard InChI is InChI=1S/C25H24N2O5/c1-14-12-16(25(31)32-3)8-9-18(14)22-21(15(2)28)23(29)24(30)27(22)11-10-17-13-26-20-7-5-4-6-19(17)20/h4-9,12-13,22,26,29H,10-11H2,1-3H3. The number of para-hydroxylation sites is 1. The lowest BCUT2D eigenvalue weighted by atomic mass is 9.92. The van der Waals surface area contributed by atoms with Gasteiger partial charge in [0.05, 0.1) is 24.3 Å². The number of methoxy groups -OCH3 is 1. The van der Waals surface area contributed by atoms with Crippen molar-refractivity contribution >= 4 is 28.6 Å². The topological polar surface area (TPSA) is 99.7 Å². The van der Waals surface area contributed by atoms with Crippen LogP contribution in [0.1, 0.15) is 40.0 Å². The molecule has 2 heterocycles. The van der Waals surface area contributed by atoms with Crippen LogP contribution in [0, 0.1) is 6.92 Å². The Hall–Kier alpha value is -3.87. The molecule has 1 unspecified atom stereocenters. The van der Waals surface area contributed by atoms with Gasteiger partial charge in [-0.15, -0.1) is 0 Å². The number of ether oxygens (including phenoxy) is 1. The minimum absolute atomic E-state index is 0.0721. The van der Waals surface area contributed by atoms with Crippen LogP contribution in [-0.4, -0.2) is 46.3 Å². The molecule has 0 bridgehead atoms. The van der Waals surface area contributed by atoms with Crippen LogP contribution in [-0.2, 0) is 20.7 Å². The summed E-state index contributed by atoms with van der Waals surface area (Å²) in [5, 5.41) is 11.6. The highest BCUT2D eigenvalue weighted by Gasteiger charge is 2.42. The highest BCUT2D eigenvalue weighted by atomic mass is 16.5. The summed E-state index contributed by atoms with van der Waals surface area (Å²) in [5.41, 5.74) is 3.89. The minimum atomic E-state index is -0.725. The van der Waals surface area contributed by atoms with E-state index in [9.17, 15) is 19.5 Å². The van der Waals surface area contributed by atoms with Crippen LogP contribution in [0.25, 0.3) is 10.9 Å². The molecule has 0 saturated heterocycles. The fraction of sp³-hybridized carbons (Fsp3) is 0.240. The molecule has 4 rings (SSSR count). The fourth-order valence-electron chi connectivity index (χ4n) is 4.37. The number of aromatic amines is 1. The molecular formula is C25H24N2O5. The molecule has 32 heavy (non-hydrogen) atoms. The first-order chi connectivity index (χ1) is 15.3. The molecule has 0 saturated carbocycles. The number of rotatable bonds is 6. The number of aliphatic hydroxyl groups is 1. The Morgan fingerprint density at radius 2 is 1.94 bits per heavy atom. The summed E-state index contributed by atoms with van der Waals surface area (Å²) in [6, 6.07) is 12.1. The number of nitrogens with one attached hydrogen (secondary N) is 1. The van der Waals surface area contributed by atoms with Crippen molar-refractivity contribution in [1.82, 2.24) is 9.88 Å². The average molecular weight is 432 g/mol. The molecule has 7 heteroatoms. The maximum atomic E-state index is 12.9. The molecule has 1 aliphatic rings. The van der Waals surface area contributed by atoms with Crippen LogP contribution >= 0.6 is 0 Å². The highest BCUT2D eigenvalue weighted by molar-refractivity contribution is 6.08. The van der Waals surface area contributed by atoms with Gasteiger partial charge in [0.2, 0.25) is 0 Å². The number of carbonyl (C=O) groups excluding carboxylic acids is 3. The minimum Gasteiger partial charge on any atom is -0.503 e. The van der Waals surface area contributed by atoms with Crippen molar-refractivity contribution < 1.29 is 24.2 Å². The molecule has 0 radical (unpaired) electrons. The molecule has 1 amide bonds. The van der Waals surface area contributed by atoms with Gasteiger partial charge in [0.15, 0.2) is 11.5 Å². The molecule has 1 aromatic heterocycles. The molecule has 1 aliphatic heterocycles. The van der Waals surface area contributed by atoms with Gasteiger partial charge in [0, 0.05) is 23.6 Å². The van der Waals surface area contributed by atoms with E-state index in [2.05, 4.69) is 4.98 Å². The van der Waals surface area contributed by atoms with Crippen LogP contribution < -0.4 is 0 Å². The highest BCUT2D eigenvalue weighted by Crippen LogP contribution is 2.39. The number of amides is 1. The van der Waals surface area contributed by atoms with E-state index in [1.807, 2.05) is 30.5 Å². The summed E-state index contributed by atoms with van der Waals surface area (Å²) >= 11 is 0. The third-order valence-electron chi connectivity index (χ3n) is 5.97. The first-order valence-corrected chi connectivity index (χ1v) is 10.3. The van der Waals surface area contributed by atoms with Crippen LogP contribution in [0.4, 0.5) is 0 Å². The largest absolute Gasteiger partial charge is 0.503 e. The Morgan fingerprint density at radius 1 is 1.19 bits per heavy atom.